The standard InChI is InChI=1S/C19H21N5O3S/c1-12-16(21-14-8-4-3-7-13(14)20-12)28-11-15(25)23-24-17(26)19(22-18(24)27)9-5-2-6-10-19/h3-4,7-8H,2,5-6,9-11H2,1H3,(H,22,27)(H,23,25). The number of urea groups is 1. The Bertz CT molecular complexity index is 958. The predicted molar refractivity (Wildman–Crippen MR) is 104 cm³/mol. The molecule has 2 aromatic rings. The lowest BCUT2D eigenvalue weighted by Gasteiger charge is -2.30. The summed E-state index contributed by atoms with van der Waals surface area (Å²) < 4.78 is 0. The zero-order valence-electron chi connectivity index (χ0n) is 15.5. The first kappa shape index (κ1) is 18.7. The Morgan fingerprint density at radius 1 is 1.18 bits per heavy atom. The lowest BCUT2D eigenvalue weighted by atomic mass is 9.82. The van der Waals surface area contributed by atoms with Crippen LogP contribution >= 0.6 is 11.8 Å². The van der Waals surface area contributed by atoms with E-state index in [1.54, 1.807) is 0 Å². The van der Waals surface area contributed by atoms with Gasteiger partial charge in [0.1, 0.15) is 10.6 Å². The maximum atomic E-state index is 12.7. The van der Waals surface area contributed by atoms with Gasteiger partial charge in [-0.25, -0.2) is 14.8 Å². The molecular formula is C19H21N5O3S. The van der Waals surface area contributed by atoms with E-state index in [0.717, 1.165) is 41.0 Å². The van der Waals surface area contributed by atoms with Gasteiger partial charge in [-0.2, -0.15) is 5.01 Å². The molecule has 1 aliphatic heterocycles. The summed E-state index contributed by atoms with van der Waals surface area (Å²) in [6, 6.07) is 6.96. The number of rotatable bonds is 4. The van der Waals surface area contributed by atoms with Gasteiger partial charge in [-0.15, -0.1) is 0 Å². The zero-order chi connectivity index (χ0) is 19.7. The molecule has 4 amide bonds. The number of imide groups is 1. The molecule has 146 valence electrons. The number of carbonyl (C=O) groups is 3. The van der Waals surface area contributed by atoms with Gasteiger partial charge in [-0.1, -0.05) is 43.2 Å². The second-order valence-corrected chi connectivity index (χ2v) is 8.10. The minimum Gasteiger partial charge on any atom is -0.322 e. The van der Waals surface area contributed by atoms with Crippen LogP contribution in [0.3, 0.4) is 0 Å². The molecule has 2 heterocycles. The SMILES string of the molecule is Cc1nc2ccccc2nc1SCC(=O)NN1C(=O)NC2(CCCCC2)C1=O. The minimum atomic E-state index is -0.851. The van der Waals surface area contributed by atoms with E-state index >= 15 is 0 Å². The highest BCUT2D eigenvalue weighted by Gasteiger charge is 2.52. The van der Waals surface area contributed by atoms with Gasteiger partial charge in [-0.05, 0) is 31.9 Å². The molecule has 1 aromatic heterocycles. The summed E-state index contributed by atoms with van der Waals surface area (Å²) in [6.45, 7) is 1.84. The fraction of sp³-hybridized carbons (Fsp3) is 0.421. The van der Waals surface area contributed by atoms with Gasteiger partial charge in [0.15, 0.2) is 0 Å². The van der Waals surface area contributed by atoms with E-state index in [1.807, 2.05) is 31.2 Å². The van der Waals surface area contributed by atoms with Gasteiger partial charge in [0.05, 0.1) is 22.5 Å². The summed E-state index contributed by atoms with van der Waals surface area (Å²) >= 11 is 1.23. The van der Waals surface area contributed by atoms with Gasteiger partial charge >= 0.3 is 6.03 Å². The number of benzene rings is 1. The number of para-hydroxylation sites is 2. The highest BCUT2D eigenvalue weighted by molar-refractivity contribution is 7.99. The van der Waals surface area contributed by atoms with Gasteiger partial charge in [0.25, 0.3) is 5.91 Å². The first-order chi connectivity index (χ1) is 13.5. The van der Waals surface area contributed by atoms with E-state index in [-0.39, 0.29) is 11.7 Å². The first-order valence-corrected chi connectivity index (χ1v) is 10.3. The number of thioether (sulfide) groups is 1. The summed E-state index contributed by atoms with van der Waals surface area (Å²) in [6.07, 6.45) is 4.07. The smallest absolute Gasteiger partial charge is 0.322 e. The molecule has 1 saturated carbocycles. The average molecular weight is 399 g/mol. The number of hydrazine groups is 1. The van der Waals surface area contributed by atoms with Crippen LogP contribution in [0.5, 0.6) is 0 Å². The topological polar surface area (TPSA) is 104 Å². The van der Waals surface area contributed by atoms with Gasteiger partial charge in [0, 0.05) is 0 Å². The van der Waals surface area contributed by atoms with Crippen molar-refractivity contribution in [2.24, 2.45) is 0 Å². The molecule has 0 unspecified atom stereocenters. The highest BCUT2D eigenvalue weighted by Crippen LogP contribution is 2.33. The Morgan fingerprint density at radius 3 is 2.57 bits per heavy atom. The number of aryl methyl sites for hydroxylation is 1. The van der Waals surface area contributed by atoms with Crippen molar-refractivity contribution < 1.29 is 14.4 Å². The number of nitrogens with one attached hydrogen (secondary N) is 2. The van der Waals surface area contributed by atoms with Crippen molar-refractivity contribution in [1.29, 1.82) is 0 Å². The van der Waals surface area contributed by atoms with Crippen molar-refractivity contribution in [3.63, 3.8) is 0 Å². The molecule has 9 heteroatoms. The molecule has 2 aliphatic rings. The van der Waals surface area contributed by atoms with E-state index in [9.17, 15) is 14.4 Å². The van der Waals surface area contributed by atoms with Crippen molar-refractivity contribution in [2.45, 2.75) is 49.6 Å². The van der Waals surface area contributed by atoms with Crippen molar-refractivity contribution in [3.05, 3.63) is 30.0 Å². The molecule has 4 rings (SSSR count). The van der Waals surface area contributed by atoms with Crippen LogP contribution in [0.15, 0.2) is 29.3 Å². The predicted octanol–water partition coefficient (Wildman–Crippen LogP) is 2.32. The molecule has 1 spiro atoms. The van der Waals surface area contributed by atoms with E-state index in [2.05, 4.69) is 20.7 Å². The Hall–Kier alpha value is -2.68. The summed E-state index contributed by atoms with van der Waals surface area (Å²) in [7, 11) is 0. The Morgan fingerprint density at radius 2 is 1.86 bits per heavy atom. The second-order valence-electron chi connectivity index (χ2n) is 7.14. The van der Waals surface area contributed by atoms with E-state index in [1.165, 1.54) is 11.8 Å². The van der Waals surface area contributed by atoms with Crippen LogP contribution in [0.2, 0.25) is 0 Å². The van der Waals surface area contributed by atoms with Crippen LogP contribution in [0.4, 0.5) is 4.79 Å². The number of nitrogens with zero attached hydrogens (tertiary/aromatic N) is 3. The van der Waals surface area contributed by atoms with E-state index in [4.69, 9.17) is 0 Å². The summed E-state index contributed by atoms with van der Waals surface area (Å²) in [5.74, 6) is -0.772. The molecule has 1 aliphatic carbocycles. The second kappa shape index (κ2) is 7.38. The number of carbonyl (C=O) groups excluding carboxylic acids is 3. The third-order valence-corrected chi connectivity index (χ3v) is 6.21. The molecule has 2 fully saturated rings. The van der Waals surface area contributed by atoms with Crippen molar-refractivity contribution in [2.75, 3.05) is 5.75 Å². The number of hydrogen-bond acceptors (Lipinski definition) is 6. The van der Waals surface area contributed by atoms with Crippen LogP contribution in [0.1, 0.15) is 37.8 Å². The average Bonchev–Trinajstić information content (AvgIpc) is 2.91. The molecule has 0 bridgehead atoms. The van der Waals surface area contributed by atoms with Crippen LogP contribution < -0.4 is 10.7 Å². The van der Waals surface area contributed by atoms with Gasteiger partial charge in [-0.3, -0.25) is 15.0 Å². The third kappa shape index (κ3) is 3.42. The number of fused-ring (bicyclic) bond motifs is 1. The highest BCUT2D eigenvalue weighted by atomic mass is 32.2. The maximum Gasteiger partial charge on any atom is 0.344 e. The summed E-state index contributed by atoms with van der Waals surface area (Å²) in [5, 5.41) is 4.25. The third-order valence-electron chi connectivity index (χ3n) is 5.15. The molecule has 1 aromatic carbocycles. The molecule has 8 nitrogen and oxygen atoms in total. The minimum absolute atomic E-state index is 0.0257. The summed E-state index contributed by atoms with van der Waals surface area (Å²) in [5.41, 5.74) is 3.87. The monoisotopic (exact) mass is 399 g/mol. The van der Waals surface area contributed by atoms with Gasteiger partial charge < -0.3 is 5.32 Å². The first-order valence-electron chi connectivity index (χ1n) is 9.31. The van der Waals surface area contributed by atoms with Crippen molar-refractivity contribution in [3.8, 4) is 0 Å². The Kier molecular flexibility index (Phi) is 4.92. The molecule has 1 saturated heterocycles. The summed E-state index contributed by atoms with van der Waals surface area (Å²) in [4.78, 5) is 46.3. The molecule has 0 atom stereocenters. The quantitative estimate of drug-likeness (QED) is 0.604. The van der Waals surface area contributed by atoms with E-state index < -0.39 is 17.5 Å². The molecule has 2 N–H and O–H groups in total. The number of amides is 4. The van der Waals surface area contributed by atoms with Crippen LogP contribution in [0, 0.1) is 6.92 Å². The number of aromatic nitrogens is 2. The van der Waals surface area contributed by atoms with Crippen LogP contribution in [0.25, 0.3) is 11.0 Å². The van der Waals surface area contributed by atoms with Gasteiger partial charge in [0.2, 0.25) is 5.91 Å². The Balaban J connectivity index is 1.40. The molecule has 0 radical (unpaired) electrons. The zero-order valence-corrected chi connectivity index (χ0v) is 16.3. The lowest BCUT2D eigenvalue weighted by molar-refractivity contribution is -0.139. The lowest BCUT2D eigenvalue weighted by Crippen LogP contribution is -2.51. The van der Waals surface area contributed by atoms with Crippen LogP contribution in [-0.2, 0) is 9.59 Å². The number of hydrogen-bond donors (Lipinski definition) is 2. The maximum absolute atomic E-state index is 12.7. The fourth-order valence-electron chi connectivity index (χ4n) is 3.72. The Labute approximate surface area is 166 Å². The van der Waals surface area contributed by atoms with Crippen molar-refractivity contribution in [1.82, 2.24) is 25.7 Å². The normalized spacial score (nSPS) is 18.5. The molecule has 28 heavy (non-hydrogen) atoms. The fourth-order valence-corrected chi connectivity index (χ4v) is 4.47. The van der Waals surface area contributed by atoms with E-state index in [0.29, 0.717) is 17.9 Å². The van der Waals surface area contributed by atoms with Crippen molar-refractivity contribution >= 4 is 40.6 Å². The van der Waals surface area contributed by atoms with Crippen LogP contribution in [-0.4, -0.2) is 44.1 Å². The largest absolute Gasteiger partial charge is 0.344 e. The molecular weight excluding hydrogens is 378 g/mol.